The molecule has 0 amide bonds. The molecule has 2 nitrogen and oxygen atoms in total. The van der Waals surface area contributed by atoms with Crippen LogP contribution in [0.4, 0.5) is 17.1 Å². The molecule has 11 aromatic rings. The highest BCUT2D eigenvalue weighted by Gasteiger charge is 2.38. The Morgan fingerprint density at radius 1 is 0.361 bits per heavy atom. The maximum atomic E-state index is 7.04. The number of hydrogen-bond acceptors (Lipinski definition) is 3. The third-order valence-electron chi connectivity index (χ3n) is 14.1. The lowest BCUT2D eigenvalue weighted by Crippen LogP contribution is -2.18. The molecule has 9 aromatic carbocycles. The van der Waals surface area contributed by atoms with E-state index in [-0.39, 0.29) is 10.8 Å². The van der Waals surface area contributed by atoms with E-state index in [4.69, 9.17) is 4.42 Å². The van der Waals surface area contributed by atoms with Crippen molar-refractivity contribution in [2.24, 2.45) is 0 Å². The first-order valence-electron chi connectivity index (χ1n) is 21.3. The summed E-state index contributed by atoms with van der Waals surface area (Å²) in [7, 11) is 0. The van der Waals surface area contributed by atoms with Crippen LogP contribution in [0.2, 0.25) is 0 Å². The third-order valence-corrected chi connectivity index (χ3v) is 15.2. The van der Waals surface area contributed by atoms with Crippen molar-refractivity contribution >= 4 is 81.3 Å². The van der Waals surface area contributed by atoms with Gasteiger partial charge < -0.3 is 9.32 Å². The third kappa shape index (κ3) is 4.78. The number of thiophene rings is 1. The molecule has 0 saturated heterocycles. The summed E-state index contributed by atoms with van der Waals surface area (Å²) < 4.78 is 9.65. The van der Waals surface area contributed by atoms with E-state index in [0.717, 1.165) is 39.0 Å². The van der Waals surface area contributed by atoms with Crippen LogP contribution in [0.15, 0.2) is 180 Å². The lowest BCUT2D eigenvalue weighted by molar-refractivity contribution is 0.660. The van der Waals surface area contributed by atoms with Crippen molar-refractivity contribution in [3.63, 3.8) is 0 Å². The molecule has 0 aliphatic heterocycles. The van der Waals surface area contributed by atoms with Crippen molar-refractivity contribution in [3.8, 4) is 33.4 Å². The molecule has 0 bridgehead atoms. The first-order valence-corrected chi connectivity index (χ1v) is 22.1. The molecule has 0 saturated carbocycles. The Morgan fingerprint density at radius 2 is 0.885 bits per heavy atom. The fourth-order valence-corrected chi connectivity index (χ4v) is 12.2. The molecular weight excluding hydrogens is 759 g/mol. The summed E-state index contributed by atoms with van der Waals surface area (Å²) >= 11 is 1.86. The van der Waals surface area contributed by atoms with E-state index < -0.39 is 0 Å². The van der Waals surface area contributed by atoms with Crippen molar-refractivity contribution in [2.75, 3.05) is 4.90 Å². The zero-order chi connectivity index (χ0) is 40.8. The Kier molecular flexibility index (Phi) is 7.04. The van der Waals surface area contributed by atoms with Crippen LogP contribution in [-0.2, 0) is 10.8 Å². The normalized spacial score (nSPS) is 14.5. The van der Waals surface area contributed by atoms with Crippen LogP contribution in [0.1, 0.15) is 49.9 Å². The van der Waals surface area contributed by atoms with Crippen LogP contribution in [0.5, 0.6) is 0 Å². The van der Waals surface area contributed by atoms with Gasteiger partial charge >= 0.3 is 0 Å². The van der Waals surface area contributed by atoms with E-state index in [1.165, 1.54) is 86.6 Å². The largest absolute Gasteiger partial charge is 0.456 e. The van der Waals surface area contributed by atoms with Gasteiger partial charge in [-0.3, -0.25) is 0 Å². The predicted octanol–water partition coefficient (Wildman–Crippen LogP) is 16.9. The highest BCUT2D eigenvalue weighted by atomic mass is 32.1. The molecule has 13 rings (SSSR count). The smallest absolute Gasteiger partial charge is 0.137 e. The predicted molar refractivity (Wildman–Crippen MR) is 259 cm³/mol. The molecule has 2 aromatic heterocycles. The molecule has 2 aliphatic carbocycles. The van der Waals surface area contributed by atoms with Crippen LogP contribution in [0.3, 0.4) is 0 Å². The summed E-state index contributed by atoms with van der Waals surface area (Å²) in [4.78, 5) is 2.44. The highest BCUT2D eigenvalue weighted by molar-refractivity contribution is 7.25. The van der Waals surface area contributed by atoms with Crippen LogP contribution in [0, 0.1) is 0 Å². The summed E-state index contributed by atoms with van der Waals surface area (Å²) in [6, 6.07) is 65.4. The topological polar surface area (TPSA) is 16.4 Å². The molecule has 0 fully saturated rings. The van der Waals surface area contributed by atoms with Gasteiger partial charge in [-0.05, 0) is 121 Å². The lowest BCUT2D eigenvalue weighted by Gasteiger charge is -2.29. The molecule has 0 atom stereocenters. The molecule has 0 unspecified atom stereocenters. The van der Waals surface area contributed by atoms with E-state index >= 15 is 0 Å². The summed E-state index contributed by atoms with van der Waals surface area (Å²) in [6.45, 7) is 9.45. The Labute approximate surface area is 358 Å². The van der Waals surface area contributed by atoms with Gasteiger partial charge in [0.15, 0.2) is 0 Å². The molecule has 0 N–H and O–H groups in total. The van der Waals surface area contributed by atoms with E-state index in [0.29, 0.717) is 0 Å². The van der Waals surface area contributed by atoms with Crippen molar-refractivity contribution < 1.29 is 4.42 Å². The van der Waals surface area contributed by atoms with Crippen molar-refractivity contribution in [1.29, 1.82) is 0 Å². The van der Waals surface area contributed by atoms with E-state index in [2.05, 4.69) is 209 Å². The van der Waals surface area contributed by atoms with Gasteiger partial charge in [0.2, 0.25) is 0 Å². The summed E-state index contributed by atoms with van der Waals surface area (Å²) in [5.74, 6) is 0. The molecule has 0 radical (unpaired) electrons. The first kappa shape index (κ1) is 34.9. The quantitative estimate of drug-likeness (QED) is 0.176. The number of nitrogens with zero attached hydrogens (tertiary/aromatic N) is 1. The van der Waals surface area contributed by atoms with Crippen molar-refractivity contribution in [3.05, 3.63) is 198 Å². The SMILES string of the molecule is CC1(C)c2ccccc2-c2ccc(N(c3ccc4c(c3)C(C)(C)c3ccccc3-4)c3ccc4c(c3)oc3cc(-c5cccc6sc7ccccc7c56)c5ccccc5c34)cc21. The molecule has 2 heterocycles. The Balaban J connectivity index is 1.03. The van der Waals surface area contributed by atoms with Crippen molar-refractivity contribution in [2.45, 2.75) is 38.5 Å². The molecule has 0 spiro atoms. The van der Waals surface area contributed by atoms with Crippen LogP contribution >= 0.6 is 11.3 Å². The summed E-state index contributed by atoms with van der Waals surface area (Å²) in [6.07, 6.45) is 0. The fourth-order valence-electron chi connectivity index (χ4n) is 11.1. The Hall–Kier alpha value is -6.94. The molecule has 61 heavy (non-hydrogen) atoms. The minimum absolute atomic E-state index is 0.129. The Bertz CT molecular complexity index is 3570. The van der Waals surface area contributed by atoms with Gasteiger partial charge in [-0.15, -0.1) is 11.3 Å². The van der Waals surface area contributed by atoms with Crippen LogP contribution in [0.25, 0.3) is 86.3 Å². The standard InChI is InChI=1S/C58H41NOS/c1-57(2)47-20-10-7-15-38(47)40-27-24-34(30-49(40)57)59(35-25-28-41-39-16-8-11-21-48(39)58(3,4)50(41)31-35)36-26-29-44-51(32-36)60-52-33-46(37-14-5-6-17-42(37)55(44)52)43-19-13-23-54-56(43)45-18-9-12-22-53(45)61-54/h5-33H,1-4H3. The Morgan fingerprint density at radius 3 is 1.57 bits per heavy atom. The fraction of sp³-hybridized carbons (Fsp3) is 0.103. The van der Waals surface area contributed by atoms with Crippen LogP contribution in [-0.4, -0.2) is 0 Å². The van der Waals surface area contributed by atoms with E-state index in [9.17, 15) is 0 Å². The first-order chi connectivity index (χ1) is 29.8. The average Bonchev–Trinajstić information content (AvgIpc) is 3.99. The number of benzene rings is 9. The van der Waals surface area contributed by atoms with Gasteiger partial charge in [0.05, 0.1) is 0 Å². The molecule has 290 valence electrons. The molecular formula is C58H41NOS. The van der Waals surface area contributed by atoms with Crippen molar-refractivity contribution in [1.82, 2.24) is 0 Å². The maximum Gasteiger partial charge on any atom is 0.137 e. The number of fused-ring (bicyclic) bond motifs is 14. The zero-order valence-corrected chi connectivity index (χ0v) is 35.3. The number of furan rings is 1. The zero-order valence-electron chi connectivity index (χ0n) is 34.5. The average molecular weight is 800 g/mol. The number of hydrogen-bond donors (Lipinski definition) is 0. The van der Waals surface area contributed by atoms with Gasteiger partial charge in [0.1, 0.15) is 11.2 Å². The lowest BCUT2D eigenvalue weighted by atomic mass is 9.82. The number of rotatable bonds is 4. The second kappa shape index (κ2) is 12.3. The minimum Gasteiger partial charge on any atom is -0.456 e. The van der Waals surface area contributed by atoms with Gasteiger partial charge in [-0.25, -0.2) is 0 Å². The molecule has 3 heteroatoms. The van der Waals surface area contributed by atoms with Gasteiger partial charge in [0.25, 0.3) is 0 Å². The second-order valence-electron chi connectivity index (χ2n) is 18.0. The minimum atomic E-state index is -0.129. The van der Waals surface area contributed by atoms with E-state index in [1.54, 1.807) is 0 Å². The monoisotopic (exact) mass is 799 g/mol. The maximum absolute atomic E-state index is 7.04. The van der Waals surface area contributed by atoms with Gasteiger partial charge in [-0.1, -0.05) is 143 Å². The van der Waals surface area contributed by atoms with Crippen LogP contribution < -0.4 is 4.90 Å². The number of anilines is 3. The summed E-state index contributed by atoms with van der Waals surface area (Å²) in [5, 5.41) is 7.32. The van der Waals surface area contributed by atoms with Gasteiger partial charge in [0, 0.05) is 64.9 Å². The van der Waals surface area contributed by atoms with E-state index in [1.807, 2.05) is 11.3 Å². The summed E-state index contributed by atoms with van der Waals surface area (Å²) in [5.41, 5.74) is 18.0. The van der Waals surface area contributed by atoms with Gasteiger partial charge in [-0.2, -0.15) is 0 Å². The second-order valence-corrected chi connectivity index (χ2v) is 19.1. The molecule has 2 aliphatic rings. The highest BCUT2D eigenvalue weighted by Crippen LogP contribution is 2.54.